The minimum Gasteiger partial charge on any atom is -0.444 e. The van der Waals surface area contributed by atoms with Crippen LogP contribution in [0.15, 0.2) is 30.3 Å². The van der Waals surface area contributed by atoms with Gasteiger partial charge < -0.3 is 4.74 Å². The Balaban J connectivity index is 1.79. The van der Waals surface area contributed by atoms with Crippen molar-refractivity contribution in [3.05, 3.63) is 46.0 Å². The van der Waals surface area contributed by atoms with Crippen LogP contribution >= 0.6 is 0 Å². The van der Waals surface area contributed by atoms with Crippen LogP contribution in [-0.2, 0) is 4.74 Å². The molecule has 0 unspecified atom stereocenters. The summed E-state index contributed by atoms with van der Waals surface area (Å²) in [4.78, 5) is 24.7. The first-order chi connectivity index (χ1) is 11.2. The van der Waals surface area contributed by atoms with Gasteiger partial charge in [-0.1, -0.05) is 6.08 Å². The van der Waals surface area contributed by atoms with Crippen molar-refractivity contribution in [1.82, 2.24) is 4.90 Å². The van der Waals surface area contributed by atoms with Gasteiger partial charge in [0.2, 0.25) is 0 Å². The zero-order valence-corrected chi connectivity index (χ0v) is 14.2. The minimum absolute atomic E-state index is 0.0452. The van der Waals surface area contributed by atoms with Crippen molar-refractivity contribution in [2.75, 3.05) is 0 Å². The predicted octanol–water partition coefficient (Wildman–Crippen LogP) is 4.15. The number of fused-ring (bicyclic) bond motifs is 2. The lowest BCUT2D eigenvalue weighted by atomic mass is 9.95. The highest BCUT2D eigenvalue weighted by atomic mass is 16.6. The summed E-state index contributed by atoms with van der Waals surface area (Å²) < 4.78 is 5.52. The number of hydrogen-bond acceptors (Lipinski definition) is 4. The summed E-state index contributed by atoms with van der Waals surface area (Å²) in [6.45, 7) is 5.61. The molecule has 2 atom stereocenters. The lowest BCUT2D eigenvalue weighted by Gasteiger charge is -2.35. The Morgan fingerprint density at radius 2 is 1.92 bits per heavy atom. The molecule has 2 aliphatic heterocycles. The number of benzene rings is 1. The molecule has 0 spiro atoms. The largest absolute Gasteiger partial charge is 0.444 e. The summed E-state index contributed by atoms with van der Waals surface area (Å²) in [6.07, 6.45) is 4.49. The molecule has 2 bridgehead atoms. The normalized spacial score (nSPS) is 23.0. The highest BCUT2D eigenvalue weighted by molar-refractivity contribution is 5.75. The van der Waals surface area contributed by atoms with E-state index < -0.39 is 10.5 Å². The van der Waals surface area contributed by atoms with Crippen molar-refractivity contribution in [2.24, 2.45) is 0 Å². The van der Waals surface area contributed by atoms with Crippen molar-refractivity contribution in [1.29, 1.82) is 0 Å². The molecule has 1 aromatic carbocycles. The second-order valence-electron chi connectivity index (χ2n) is 7.39. The molecule has 1 amide bonds. The molecular weight excluding hydrogens is 308 g/mol. The first-order valence-electron chi connectivity index (χ1n) is 8.21. The lowest BCUT2D eigenvalue weighted by Crippen LogP contribution is -2.45. The SMILES string of the molecule is CC(C)(C)OC(=O)N1[C@@H]2CC[C@@H]1C=C(c1ccc([N+](=O)[O-])cc1)C2. The third-order valence-electron chi connectivity index (χ3n) is 4.45. The first kappa shape index (κ1) is 16.5. The van der Waals surface area contributed by atoms with Gasteiger partial charge in [-0.2, -0.15) is 0 Å². The topological polar surface area (TPSA) is 72.7 Å². The number of nitrogens with zero attached hydrogens (tertiary/aromatic N) is 2. The number of hydrogen-bond donors (Lipinski definition) is 0. The number of carbonyl (C=O) groups excluding carboxylic acids is 1. The monoisotopic (exact) mass is 330 g/mol. The average molecular weight is 330 g/mol. The second kappa shape index (κ2) is 5.92. The fraction of sp³-hybridized carbons (Fsp3) is 0.500. The van der Waals surface area contributed by atoms with Gasteiger partial charge in [0.1, 0.15) is 5.60 Å². The zero-order valence-electron chi connectivity index (χ0n) is 14.2. The molecule has 1 saturated heterocycles. The van der Waals surface area contributed by atoms with Gasteiger partial charge in [0.25, 0.3) is 5.69 Å². The number of nitro benzene ring substituents is 1. The van der Waals surface area contributed by atoms with E-state index in [1.165, 1.54) is 12.1 Å². The summed E-state index contributed by atoms with van der Waals surface area (Å²) in [5.41, 5.74) is 1.73. The molecular formula is C18H22N2O4. The molecule has 6 heteroatoms. The summed E-state index contributed by atoms with van der Waals surface area (Å²) in [5, 5.41) is 10.8. The fourth-order valence-corrected chi connectivity index (χ4v) is 3.44. The van der Waals surface area contributed by atoms with E-state index in [1.807, 2.05) is 25.7 Å². The summed E-state index contributed by atoms with van der Waals surface area (Å²) in [6, 6.07) is 6.80. The Morgan fingerprint density at radius 1 is 1.25 bits per heavy atom. The molecule has 1 aromatic rings. The van der Waals surface area contributed by atoms with Gasteiger partial charge in [-0.3, -0.25) is 15.0 Å². The van der Waals surface area contributed by atoms with Crippen LogP contribution in [-0.4, -0.2) is 33.6 Å². The molecule has 0 aromatic heterocycles. The maximum absolute atomic E-state index is 12.4. The van der Waals surface area contributed by atoms with Crippen LogP contribution < -0.4 is 0 Å². The Bertz CT molecular complexity index is 688. The molecule has 2 aliphatic rings. The molecule has 1 fully saturated rings. The van der Waals surface area contributed by atoms with E-state index in [-0.39, 0.29) is 23.9 Å². The van der Waals surface area contributed by atoms with E-state index in [0.29, 0.717) is 0 Å². The van der Waals surface area contributed by atoms with Gasteiger partial charge in [0.15, 0.2) is 0 Å². The first-order valence-corrected chi connectivity index (χ1v) is 8.21. The highest BCUT2D eigenvalue weighted by Gasteiger charge is 2.41. The Morgan fingerprint density at radius 3 is 2.46 bits per heavy atom. The third kappa shape index (κ3) is 3.27. The third-order valence-corrected chi connectivity index (χ3v) is 4.45. The van der Waals surface area contributed by atoms with Gasteiger partial charge in [-0.05, 0) is 63.3 Å². The maximum Gasteiger partial charge on any atom is 0.411 e. The van der Waals surface area contributed by atoms with Gasteiger partial charge in [0.05, 0.1) is 11.0 Å². The van der Waals surface area contributed by atoms with Gasteiger partial charge >= 0.3 is 6.09 Å². The number of non-ortho nitro benzene ring substituents is 1. The van der Waals surface area contributed by atoms with Crippen LogP contribution in [0.2, 0.25) is 0 Å². The van der Waals surface area contributed by atoms with Crippen LogP contribution in [0.5, 0.6) is 0 Å². The standard InChI is InChI=1S/C18H22N2O4/c1-18(2,3)24-17(21)19-15-8-9-16(19)11-13(10-15)12-4-6-14(7-5-12)20(22)23/h4-7,10,15-16H,8-9,11H2,1-3H3/t15-,16-/m1/s1. The minimum atomic E-state index is -0.501. The van der Waals surface area contributed by atoms with E-state index in [4.69, 9.17) is 4.74 Å². The number of nitro groups is 1. The molecule has 0 aliphatic carbocycles. The molecule has 24 heavy (non-hydrogen) atoms. The smallest absolute Gasteiger partial charge is 0.411 e. The predicted molar refractivity (Wildman–Crippen MR) is 90.6 cm³/mol. The highest BCUT2D eigenvalue weighted by Crippen LogP contribution is 2.39. The Labute approximate surface area is 141 Å². The van der Waals surface area contributed by atoms with E-state index in [0.717, 1.165) is 30.4 Å². The quantitative estimate of drug-likeness (QED) is 0.603. The molecule has 0 radical (unpaired) electrons. The molecule has 3 rings (SSSR count). The molecule has 0 saturated carbocycles. The van der Waals surface area contributed by atoms with E-state index in [1.54, 1.807) is 12.1 Å². The summed E-state index contributed by atoms with van der Waals surface area (Å²) in [7, 11) is 0. The number of amides is 1. The van der Waals surface area contributed by atoms with Crippen molar-refractivity contribution in [3.63, 3.8) is 0 Å². The van der Waals surface area contributed by atoms with Crippen LogP contribution in [0.3, 0.4) is 0 Å². The molecule has 6 nitrogen and oxygen atoms in total. The van der Waals surface area contributed by atoms with Gasteiger partial charge in [0, 0.05) is 18.2 Å². The van der Waals surface area contributed by atoms with Crippen molar-refractivity contribution in [2.45, 2.75) is 57.7 Å². The van der Waals surface area contributed by atoms with Crippen molar-refractivity contribution >= 4 is 17.4 Å². The van der Waals surface area contributed by atoms with Crippen molar-refractivity contribution in [3.8, 4) is 0 Å². The Kier molecular flexibility index (Phi) is 4.07. The number of rotatable bonds is 2. The number of carbonyl (C=O) groups is 1. The summed E-state index contributed by atoms with van der Waals surface area (Å²) in [5.74, 6) is 0. The Hall–Kier alpha value is -2.37. The van der Waals surface area contributed by atoms with E-state index in [2.05, 4.69) is 6.08 Å². The van der Waals surface area contributed by atoms with Gasteiger partial charge in [-0.15, -0.1) is 0 Å². The van der Waals surface area contributed by atoms with E-state index >= 15 is 0 Å². The number of ether oxygens (including phenoxy) is 1. The van der Waals surface area contributed by atoms with Crippen LogP contribution in [0.25, 0.3) is 5.57 Å². The van der Waals surface area contributed by atoms with Crippen molar-refractivity contribution < 1.29 is 14.5 Å². The molecule has 0 N–H and O–H groups in total. The fourth-order valence-electron chi connectivity index (χ4n) is 3.44. The molecule has 128 valence electrons. The zero-order chi connectivity index (χ0) is 17.5. The summed E-state index contributed by atoms with van der Waals surface area (Å²) >= 11 is 0. The van der Waals surface area contributed by atoms with Gasteiger partial charge in [-0.25, -0.2) is 4.79 Å². The average Bonchev–Trinajstić information content (AvgIpc) is 2.76. The van der Waals surface area contributed by atoms with Crippen LogP contribution in [0, 0.1) is 10.1 Å². The maximum atomic E-state index is 12.4. The lowest BCUT2D eigenvalue weighted by molar-refractivity contribution is -0.384. The van der Waals surface area contributed by atoms with Crippen LogP contribution in [0.4, 0.5) is 10.5 Å². The second-order valence-corrected chi connectivity index (χ2v) is 7.39. The molecule has 2 heterocycles. The van der Waals surface area contributed by atoms with Crippen LogP contribution in [0.1, 0.15) is 45.6 Å². The van der Waals surface area contributed by atoms with E-state index in [9.17, 15) is 14.9 Å².